The summed E-state index contributed by atoms with van der Waals surface area (Å²) in [7, 11) is 0. The van der Waals surface area contributed by atoms with Gasteiger partial charge in [0.2, 0.25) is 0 Å². The molecule has 0 aromatic heterocycles. The molecule has 19 heavy (non-hydrogen) atoms. The van der Waals surface area contributed by atoms with Crippen LogP contribution in [0.2, 0.25) is 0 Å². The Bertz CT molecular complexity index is 338. The van der Waals surface area contributed by atoms with E-state index in [1.807, 2.05) is 0 Å². The van der Waals surface area contributed by atoms with Crippen LogP contribution in [0.4, 0.5) is 9.59 Å². The highest BCUT2D eigenvalue weighted by Gasteiger charge is 2.23. The highest BCUT2D eigenvalue weighted by Crippen LogP contribution is 2.10. The zero-order chi connectivity index (χ0) is 14.3. The highest BCUT2D eigenvalue weighted by atomic mass is 16.6. The lowest BCUT2D eigenvalue weighted by atomic mass is 10.1. The number of hydrogen-bond acceptors (Lipinski definition) is 5. The molecule has 1 aliphatic rings. The fourth-order valence-electron chi connectivity index (χ4n) is 1.75. The first-order valence-electron chi connectivity index (χ1n) is 6.09. The van der Waals surface area contributed by atoms with Gasteiger partial charge < -0.3 is 24.8 Å². The lowest BCUT2D eigenvalue weighted by molar-refractivity contribution is -0.146. The van der Waals surface area contributed by atoms with Crippen molar-refractivity contribution in [3.63, 3.8) is 0 Å². The van der Waals surface area contributed by atoms with Crippen molar-refractivity contribution in [3.05, 3.63) is 0 Å². The molecule has 2 amide bonds. The van der Waals surface area contributed by atoms with Gasteiger partial charge in [-0.1, -0.05) is 0 Å². The Hall–Kier alpha value is -1.99. The van der Waals surface area contributed by atoms with Crippen LogP contribution in [-0.2, 0) is 14.3 Å². The molecule has 0 aromatic rings. The van der Waals surface area contributed by atoms with Gasteiger partial charge in [0.1, 0.15) is 0 Å². The van der Waals surface area contributed by atoms with Crippen LogP contribution >= 0.6 is 0 Å². The van der Waals surface area contributed by atoms with E-state index in [1.165, 1.54) is 4.90 Å². The van der Waals surface area contributed by atoms with Crippen LogP contribution in [0.15, 0.2) is 0 Å². The second-order valence-electron chi connectivity index (χ2n) is 4.07. The van der Waals surface area contributed by atoms with Crippen LogP contribution in [-0.4, -0.2) is 60.5 Å². The fourth-order valence-corrected chi connectivity index (χ4v) is 1.75. The number of alkyl carbamates (subject to hydrolysis) is 1. The molecular formula is C11H18N2O6. The minimum Gasteiger partial charge on any atom is -0.465 e. The summed E-state index contributed by atoms with van der Waals surface area (Å²) in [5.74, 6) is -0.599. The molecule has 0 atom stereocenters. The molecule has 0 aromatic carbocycles. The SMILES string of the molecule is CCOC(=O)COC(=O)NC1CCN(C(=O)O)CC1. The first-order valence-corrected chi connectivity index (χ1v) is 6.09. The summed E-state index contributed by atoms with van der Waals surface area (Å²) in [4.78, 5) is 34.3. The first-order chi connectivity index (χ1) is 9.02. The highest BCUT2D eigenvalue weighted by molar-refractivity contribution is 5.75. The molecule has 2 N–H and O–H groups in total. The van der Waals surface area contributed by atoms with Gasteiger partial charge in [0, 0.05) is 19.1 Å². The number of nitrogens with zero attached hydrogens (tertiary/aromatic N) is 1. The number of hydrogen-bond donors (Lipinski definition) is 2. The number of amides is 2. The summed E-state index contributed by atoms with van der Waals surface area (Å²) >= 11 is 0. The van der Waals surface area contributed by atoms with Gasteiger partial charge in [-0.3, -0.25) is 0 Å². The standard InChI is InChI=1S/C11H18N2O6/c1-2-18-9(14)7-19-10(15)12-8-3-5-13(6-4-8)11(16)17/h8H,2-7H2,1H3,(H,12,15)(H,16,17). The summed E-state index contributed by atoms with van der Waals surface area (Å²) in [6.45, 7) is 2.22. The zero-order valence-corrected chi connectivity index (χ0v) is 10.8. The predicted molar refractivity (Wildman–Crippen MR) is 63.7 cm³/mol. The number of likely N-dealkylation sites (tertiary alicyclic amines) is 1. The van der Waals surface area contributed by atoms with Crippen molar-refractivity contribution in [2.75, 3.05) is 26.3 Å². The maximum absolute atomic E-state index is 11.4. The van der Waals surface area contributed by atoms with Gasteiger partial charge in [-0.2, -0.15) is 0 Å². The Morgan fingerprint density at radius 1 is 1.26 bits per heavy atom. The van der Waals surface area contributed by atoms with Crippen LogP contribution in [0, 0.1) is 0 Å². The third kappa shape index (κ3) is 5.45. The van der Waals surface area contributed by atoms with Crippen LogP contribution in [0.25, 0.3) is 0 Å². The van der Waals surface area contributed by atoms with Gasteiger partial charge in [0.15, 0.2) is 6.61 Å². The second kappa shape index (κ2) is 7.45. The summed E-state index contributed by atoms with van der Waals surface area (Å²) in [6.07, 6.45) is -0.591. The average molecular weight is 274 g/mol. The number of piperidine rings is 1. The topological polar surface area (TPSA) is 105 Å². The van der Waals surface area contributed by atoms with Crippen molar-refractivity contribution < 1.29 is 29.0 Å². The van der Waals surface area contributed by atoms with Crippen LogP contribution in [0.3, 0.4) is 0 Å². The van der Waals surface area contributed by atoms with E-state index in [2.05, 4.69) is 14.8 Å². The molecule has 8 nitrogen and oxygen atoms in total. The van der Waals surface area contributed by atoms with E-state index in [0.717, 1.165) is 0 Å². The monoisotopic (exact) mass is 274 g/mol. The largest absolute Gasteiger partial charge is 0.465 e. The maximum atomic E-state index is 11.4. The summed E-state index contributed by atoms with van der Waals surface area (Å²) in [5.41, 5.74) is 0. The van der Waals surface area contributed by atoms with E-state index in [4.69, 9.17) is 5.11 Å². The molecular weight excluding hydrogens is 256 g/mol. The number of nitrogens with one attached hydrogen (secondary N) is 1. The zero-order valence-electron chi connectivity index (χ0n) is 10.8. The van der Waals surface area contributed by atoms with E-state index < -0.39 is 24.8 Å². The van der Waals surface area contributed by atoms with Crippen molar-refractivity contribution in [1.82, 2.24) is 10.2 Å². The average Bonchev–Trinajstić information content (AvgIpc) is 2.37. The molecule has 1 saturated heterocycles. The molecule has 0 aliphatic carbocycles. The Morgan fingerprint density at radius 2 is 1.89 bits per heavy atom. The van der Waals surface area contributed by atoms with Crippen LogP contribution < -0.4 is 5.32 Å². The van der Waals surface area contributed by atoms with Crippen LogP contribution in [0.1, 0.15) is 19.8 Å². The number of carbonyl (C=O) groups is 3. The number of rotatable bonds is 4. The third-order valence-corrected chi connectivity index (χ3v) is 2.71. The molecule has 0 bridgehead atoms. The summed E-state index contributed by atoms with van der Waals surface area (Å²) in [6, 6.07) is -0.134. The van der Waals surface area contributed by atoms with Gasteiger partial charge in [-0.15, -0.1) is 0 Å². The van der Waals surface area contributed by atoms with E-state index in [1.54, 1.807) is 6.92 Å². The Labute approximate surface area is 110 Å². The molecule has 0 unspecified atom stereocenters. The number of ether oxygens (including phenoxy) is 2. The Balaban J connectivity index is 2.20. The summed E-state index contributed by atoms with van der Waals surface area (Å²) in [5, 5.41) is 11.4. The molecule has 108 valence electrons. The Kier molecular flexibility index (Phi) is 5.91. The molecule has 0 spiro atoms. The van der Waals surface area contributed by atoms with Crippen molar-refractivity contribution in [3.8, 4) is 0 Å². The molecule has 8 heteroatoms. The molecule has 0 saturated carbocycles. The fraction of sp³-hybridized carbons (Fsp3) is 0.727. The van der Waals surface area contributed by atoms with E-state index in [-0.39, 0.29) is 12.6 Å². The van der Waals surface area contributed by atoms with Crippen molar-refractivity contribution in [1.29, 1.82) is 0 Å². The smallest absolute Gasteiger partial charge is 0.407 e. The van der Waals surface area contributed by atoms with Gasteiger partial charge in [0.05, 0.1) is 6.61 Å². The third-order valence-electron chi connectivity index (χ3n) is 2.71. The van der Waals surface area contributed by atoms with Crippen molar-refractivity contribution in [2.45, 2.75) is 25.8 Å². The molecule has 1 aliphatic heterocycles. The number of carboxylic acid groups (broad SMARTS) is 1. The van der Waals surface area contributed by atoms with E-state index in [0.29, 0.717) is 25.9 Å². The predicted octanol–water partition coefficient (Wildman–Crippen LogP) is 0.418. The lowest BCUT2D eigenvalue weighted by Gasteiger charge is -2.30. The van der Waals surface area contributed by atoms with E-state index in [9.17, 15) is 14.4 Å². The number of esters is 1. The van der Waals surface area contributed by atoms with Gasteiger partial charge in [0.25, 0.3) is 0 Å². The van der Waals surface area contributed by atoms with Gasteiger partial charge in [-0.25, -0.2) is 14.4 Å². The molecule has 1 fully saturated rings. The van der Waals surface area contributed by atoms with Crippen molar-refractivity contribution >= 4 is 18.2 Å². The molecule has 1 rings (SSSR count). The maximum Gasteiger partial charge on any atom is 0.407 e. The van der Waals surface area contributed by atoms with Gasteiger partial charge >= 0.3 is 18.2 Å². The lowest BCUT2D eigenvalue weighted by Crippen LogP contribution is -2.46. The van der Waals surface area contributed by atoms with Crippen LogP contribution in [0.5, 0.6) is 0 Å². The minimum absolute atomic E-state index is 0.134. The quantitative estimate of drug-likeness (QED) is 0.720. The van der Waals surface area contributed by atoms with Gasteiger partial charge in [-0.05, 0) is 19.8 Å². The van der Waals surface area contributed by atoms with E-state index >= 15 is 0 Å². The second-order valence-corrected chi connectivity index (χ2v) is 4.07. The molecule has 0 radical (unpaired) electrons. The normalized spacial score (nSPS) is 15.7. The summed E-state index contributed by atoms with van der Waals surface area (Å²) < 4.78 is 9.29. The van der Waals surface area contributed by atoms with Crippen molar-refractivity contribution in [2.24, 2.45) is 0 Å². The molecule has 1 heterocycles. The number of carbonyl (C=O) groups excluding carboxylic acids is 2. The first kappa shape index (κ1) is 15.1. The minimum atomic E-state index is -0.955. The Morgan fingerprint density at radius 3 is 2.42 bits per heavy atom.